The van der Waals surface area contributed by atoms with Gasteiger partial charge < -0.3 is 10.1 Å². The number of benzene rings is 1. The molecule has 0 fully saturated rings. The average molecular weight is 263 g/mol. The van der Waals surface area contributed by atoms with E-state index in [2.05, 4.69) is 64.2 Å². The summed E-state index contributed by atoms with van der Waals surface area (Å²) in [7, 11) is 0. The summed E-state index contributed by atoms with van der Waals surface area (Å²) in [6, 6.07) is 9.22. The van der Waals surface area contributed by atoms with Gasteiger partial charge in [0.05, 0.1) is 12.1 Å². The van der Waals surface area contributed by atoms with Gasteiger partial charge in [0, 0.05) is 6.61 Å². The van der Waals surface area contributed by atoms with Gasteiger partial charge in [-0.15, -0.1) is 0 Å². The Balaban J connectivity index is 2.83. The first-order valence-electron chi connectivity index (χ1n) is 7.54. The molecule has 19 heavy (non-hydrogen) atoms. The lowest BCUT2D eigenvalue weighted by atomic mass is 9.97. The van der Waals surface area contributed by atoms with Gasteiger partial charge in [-0.1, -0.05) is 45.0 Å². The second-order valence-corrected chi connectivity index (χ2v) is 5.41. The monoisotopic (exact) mass is 263 g/mol. The van der Waals surface area contributed by atoms with E-state index in [1.807, 2.05) is 0 Å². The van der Waals surface area contributed by atoms with Crippen LogP contribution in [0.2, 0.25) is 0 Å². The van der Waals surface area contributed by atoms with Crippen LogP contribution in [0.25, 0.3) is 0 Å². The van der Waals surface area contributed by atoms with Gasteiger partial charge in [0.15, 0.2) is 0 Å². The Labute approximate surface area is 118 Å². The molecule has 2 heteroatoms. The van der Waals surface area contributed by atoms with Crippen LogP contribution in [0.5, 0.6) is 0 Å². The molecule has 0 aromatic heterocycles. The Morgan fingerprint density at radius 1 is 1.00 bits per heavy atom. The molecule has 0 aliphatic carbocycles. The fraction of sp³-hybridized carbons (Fsp3) is 0.647. The van der Waals surface area contributed by atoms with Crippen LogP contribution in [0.15, 0.2) is 24.3 Å². The molecule has 0 spiro atoms. The summed E-state index contributed by atoms with van der Waals surface area (Å²) in [5.41, 5.74) is 2.71. The van der Waals surface area contributed by atoms with Gasteiger partial charge in [-0.25, -0.2) is 0 Å². The summed E-state index contributed by atoms with van der Waals surface area (Å²) in [5, 5.41) is 3.59. The molecule has 1 aromatic carbocycles. The first kappa shape index (κ1) is 16.2. The van der Waals surface area contributed by atoms with Gasteiger partial charge >= 0.3 is 0 Å². The van der Waals surface area contributed by atoms with Crippen molar-refractivity contribution in [1.82, 2.24) is 5.32 Å². The van der Waals surface area contributed by atoms with Gasteiger partial charge in [0.25, 0.3) is 0 Å². The van der Waals surface area contributed by atoms with E-state index in [1.54, 1.807) is 0 Å². The molecule has 0 aliphatic heterocycles. The summed E-state index contributed by atoms with van der Waals surface area (Å²) < 4.78 is 5.77. The first-order chi connectivity index (χ1) is 9.10. The Morgan fingerprint density at radius 2 is 1.58 bits per heavy atom. The number of hydrogen-bond donors (Lipinski definition) is 1. The molecular weight excluding hydrogens is 234 g/mol. The third-order valence-electron chi connectivity index (χ3n) is 3.48. The highest BCUT2D eigenvalue weighted by atomic mass is 16.5. The zero-order chi connectivity index (χ0) is 14.3. The average Bonchev–Trinajstić information content (AvgIpc) is 2.40. The van der Waals surface area contributed by atoms with Crippen molar-refractivity contribution in [3.8, 4) is 0 Å². The maximum Gasteiger partial charge on any atom is 0.0741 e. The van der Waals surface area contributed by atoms with Crippen molar-refractivity contribution in [2.45, 2.75) is 59.1 Å². The highest BCUT2D eigenvalue weighted by Gasteiger charge is 2.18. The molecule has 0 bridgehead atoms. The van der Waals surface area contributed by atoms with Crippen molar-refractivity contribution in [2.75, 3.05) is 13.2 Å². The van der Waals surface area contributed by atoms with Crippen LogP contribution in [-0.4, -0.2) is 19.3 Å². The summed E-state index contributed by atoms with van der Waals surface area (Å²) >= 11 is 0. The second kappa shape index (κ2) is 8.34. The summed E-state index contributed by atoms with van der Waals surface area (Å²) in [6.07, 6.45) is 1.33. The van der Waals surface area contributed by atoms with E-state index in [-0.39, 0.29) is 12.1 Å². The molecule has 2 unspecified atom stereocenters. The molecule has 108 valence electrons. The first-order valence-corrected chi connectivity index (χ1v) is 7.54. The quantitative estimate of drug-likeness (QED) is 0.756. The predicted octanol–water partition coefficient (Wildman–Crippen LogP) is 4.28. The van der Waals surface area contributed by atoms with Crippen LogP contribution in [0.3, 0.4) is 0 Å². The highest BCUT2D eigenvalue weighted by molar-refractivity contribution is 5.27. The summed E-state index contributed by atoms with van der Waals surface area (Å²) in [6.45, 7) is 12.6. The SMILES string of the molecule is CCCNC(c1ccc(C(C)C)cc1)C(C)OCC. The van der Waals surface area contributed by atoms with Crippen LogP contribution < -0.4 is 5.32 Å². The molecule has 0 saturated heterocycles. The molecule has 1 N–H and O–H groups in total. The van der Waals surface area contributed by atoms with Gasteiger partial charge in [-0.05, 0) is 43.9 Å². The van der Waals surface area contributed by atoms with E-state index < -0.39 is 0 Å². The van der Waals surface area contributed by atoms with Gasteiger partial charge in [-0.2, -0.15) is 0 Å². The summed E-state index contributed by atoms with van der Waals surface area (Å²) in [4.78, 5) is 0. The molecular formula is C17H29NO. The van der Waals surface area contributed by atoms with E-state index >= 15 is 0 Å². The van der Waals surface area contributed by atoms with Gasteiger partial charge in [0.1, 0.15) is 0 Å². The lowest BCUT2D eigenvalue weighted by Crippen LogP contribution is -2.32. The molecule has 0 aliphatic rings. The minimum Gasteiger partial charge on any atom is -0.377 e. The van der Waals surface area contributed by atoms with Gasteiger partial charge in [0.2, 0.25) is 0 Å². The number of ether oxygens (including phenoxy) is 1. The Kier molecular flexibility index (Phi) is 7.11. The second-order valence-electron chi connectivity index (χ2n) is 5.41. The zero-order valence-electron chi connectivity index (χ0n) is 13.1. The number of rotatable bonds is 8. The normalized spacial score (nSPS) is 14.6. The third kappa shape index (κ3) is 4.96. The maximum absolute atomic E-state index is 5.77. The van der Waals surface area contributed by atoms with Crippen molar-refractivity contribution < 1.29 is 4.74 Å². The molecule has 0 heterocycles. The van der Waals surface area contributed by atoms with Crippen molar-refractivity contribution in [2.24, 2.45) is 0 Å². The van der Waals surface area contributed by atoms with Crippen LogP contribution in [0.1, 0.15) is 64.1 Å². The van der Waals surface area contributed by atoms with Crippen LogP contribution in [0.4, 0.5) is 0 Å². The van der Waals surface area contributed by atoms with E-state index in [1.165, 1.54) is 11.1 Å². The highest BCUT2D eigenvalue weighted by Crippen LogP contribution is 2.22. The maximum atomic E-state index is 5.77. The fourth-order valence-electron chi connectivity index (χ4n) is 2.30. The number of hydrogen-bond acceptors (Lipinski definition) is 2. The largest absolute Gasteiger partial charge is 0.377 e. The minimum atomic E-state index is 0.196. The lowest BCUT2D eigenvalue weighted by molar-refractivity contribution is 0.0472. The lowest BCUT2D eigenvalue weighted by Gasteiger charge is -2.26. The smallest absolute Gasteiger partial charge is 0.0741 e. The van der Waals surface area contributed by atoms with Crippen molar-refractivity contribution in [1.29, 1.82) is 0 Å². The molecule has 2 nitrogen and oxygen atoms in total. The number of nitrogens with one attached hydrogen (secondary N) is 1. The molecule has 2 atom stereocenters. The van der Waals surface area contributed by atoms with Crippen molar-refractivity contribution in [3.63, 3.8) is 0 Å². The fourth-order valence-corrected chi connectivity index (χ4v) is 2.30. The third-order valence-corrected chi connectivity index (χ3v) is 3.48. The Bertz CT molecular complexity index is 345. The van der Waals surface area contributed by atoms with Gasteiger partial charge in [-0.3, -0.25) is 0 Å². The molecule has 1 aromatic rings. The topological polar surface area (TPSA) is 21.3 Å². The van der Waals surface area contributed by atoms with E-state index in [9.17, 15) is 0 Å². The Morgan fingerprint density at radius 3 is 2.05 bits per heavy atom. The van der Waals surface area contributed by atoms with Crippen LogP contribution in [-0.2, 0) is 4.74 Å². The van der Waals surface area contributed by atoms with Crippen LogP contribution >= 0.6 is 0 Å². The summed E-state index contributed by atoms with van der Waals surface area (Å²) in [5.74, 6) is 0.584. The van der Waals surface area contributed by atoms with Crippen molar-refractivity contribution >= 4 is 0 Å². The van der Waals surface area contributed by atoms with Crippen molar-refractivity contribution in [3.05, 3.63) is 35.4 Å². The molecule has 0 saturated carbocycles. The van der Waals surface area contributed by atoms with Crippen LogP contribution in [0, 0.1) is 0 Å². The molecule has 1 rings (SSSR count). The zero-order valence-corrected chi connectivity index (χ0v) is 13.1. The predicted molar refractivity (Wildman–Crippen MR) is 82.7 cm³/mol. The van der Waals surface area contributed by atoms with E-state index in [0.29, 0.717) is 5.92 Å². The molecule has 0 radical (unpaired) electrons. The Hall–Kier alpha value is -0.860. The van der Waals surface area contributed by atoms with E-state index in [4.69, 9.17) is 4.74 Å². The molecule has 0 amide bonds. The standard InChI is InChI=1S/C17H29NO/c1-6-12-18-17(14(5)19-7-2)16-10-8-15(9-11-16)13(3)4/h8-11,13-14,17-18H,6-7,12H2,1-5H3. The minimum absolute atomic E-state index is 0.196. The van der Waals surface area contributed by atoms with E-state index in [0.717, 1.165) is 19.6 Å².